The summed E-state index contributed by atoms with van der Waals surface area (Å²) in [5.41, 5.74) is -0.750. The molecule has 1 atom stereocenters. The van der Waals surface area contributed by atoms with Crippen LogP contribution in [0.3, 0.4) is 0 Å². The van der Waals surface area contributed by atoms with Crippen LogP contribution in [0.2, 0.25) is 0 Å². The van der Waals surface area contributed by atoms with E-state index in [0.717, 1.165) is 24.1 Å². The van der Waals surface area contributed by atoms with Gasteiger partial charge in [-0.05, 0) is 31.5 Å². The minimum Gasteiger partial charge on any atom is -0.491 e. The minimum absolute atomic E-state index is 0. The second-order valence-corrected chi connectivity index (χ2v) is 7.34. The van der Waals surface area contributed by atoms with Crippen molar-refractivity contribution in [2.75, 3.05) is 18.1 Å². The summed E-state index contributed by atoms with van der Waals surface area (Å²) in [6, 6.07) is 3.91. The van der Waals surface area contributed by atoms with Gasteiger partial charge in [0.05, 0.1) is 11.7 Å². The maximum Gasteiger partial charge on any atom is 0.416 e. The number of carbonyl (C=O) groups is 1. The van der Waals surface area contributed by atoms with Gasteiger partial charge in [0.2, 0.25) is 5.91 Å². The molecule has 0 aliphatic carbocycles. The second kappa shape index (κ2) is 10.3. The smallest absolute Gasteiger partial charge is 0.416 e. The number of halogens is 4. The quantitative estimate of drug-likeness (QED) is 0.749. The molecule has 0 aromatic heterocycles. The van der Waals surface area contributed by atoms with Crippen molar-refractivity contribution in [1.82, 2.24) is 10.6 Å². The summed E-state index contributed by atoms with van der Waals surface area (Å²) < 4.78 is 45.2. The molecule has 0 radical (unpaired) electrons. The molecular formula is C17H24ClF3N2O2S. The summed E-state index contributed by atoms with van der Waals surface area (Å²) in [7, 11) is 0. The van der Waals surface area contributed by atoms with Crippen molar-refractivity contribution in [3.05, 3.63) is 29.3 Å². The zero-order chi connectivity index (χ0) is 18.4. The summed E-state index contributed by atoms with van der Waals surface area (Å²) in [6.07, 6.45) is -4.45. The Bertz CT molecular complexity index is 594. The Morgan fingerprint density at radius 3 is 2.73 bits per heavy atom. The molecule has 1 aromatic carbocycles. The Kier molecular flexibility index (Phi) is 9.06. The number of hydrogen-bond acceptors (Lipinski definition) is 4. The van der Waals surface area contributed by atoms with Crippen molar-refractivity contribution in [2.24, 2.45) is 0 Å². The van der Waals surface area contributed by atoms with Crippen LogP contribution in [0, 0.1) is 0 Å². The third kappa shape index (κ3) is 7.25. The normalized spacial score (nSPS) is 17.5. The van der Waals surface area contributed by atoms with Crippen LogP contribution in [0.25, 0.3) is 0 Å². The lowest BCUT2D eigenvalue weighted by molar-refractivity contribution is -0.138. The van der Waals surface area contributed by atoms with Crippen LogP contribution in [-0.4, -0.2) is 36.1 Å². The topological polar surface area (TPSA) is 50.4 Å². The summed E-state index contributed by atoms with van der Waals surface area (Å²) in [5, 5.41) is 5.82. The summed E-state index contributed by atoms with van der Waals surface area (Å²) in [5.74, 6) is 1.76. The van der Waals surface area contributed by atoms with Crippen LogP contribution >= 0.6 is 24.2 Å². The van der Waals surface area contributed by atoms with Gasteiger partial charge in [-0.25, -0.2) is 0 Å². The maximum atomic E-state index is 13.3. The number of nitrogens with one attached hydrogen (secondary N) is 2. The lowest BCUT2D eigenvalue weighted by atomic mass is 10.1. The van der Waals surface area contributed by atoms with Crippen molar-refractivity contribution in [3.8, 4) is 5.75 Å². The number of ether oxygens (including phenoxy) is 1. The summed E-state index contributed by atoms with van der Waals surface area (Å²) >= 11 is 1.77. The molecule has 26 heavy (non-hydrogen) atoms. The van der Waals surface area contributed by atoms with Gasteiger partial charge >= 0.3 is 6.18 Å². The van der Waals surface area contributed by atoms with Crippen LogP contribution in [-0.2, 0) is 17.5 Å². The highest BCUT2D eigenvalue weighted by Gasteiger charge is 2.34. The number of thioether (sulfide) groups is 1. The standard InChI is InChI=1S/C17H23F3N2O2S.ClH/c1-11(2)24-14-4-3-12(15(8-14)17(18,19)20)9-22-16(23)7-13-10-25-6-5-21-13;/h3-4,8,11,13,21H,5-7,9-10H2,1-2H3,(H,22,23);1H. The van der Waals surface area contributed by atoms with E-state index in [1.54, 1.807) is 25.6 Å². The molecule has 1 heterocycles. The number of carbonyl (C=O) groups excluding carboxylic acids is 1. The van der Waals surface area contributed by atoms with Crippen LogP contribution in [0.5, 0.6) is 5.75 Å². The Morgan fingerprint density at radius 2 is 2.15 bits per heavy atom. The maximum absolute atomic E-state index is 13.3. The third-order valence-electron chi connectivity index (χ3n) is 3.66. The van der Waals surface area contributed by atoms with Gasteiger partial charge in [0.15, 0.2) is 0 Å². The third-order valence-corrected chi connectivity index (χ3v) is 4.80. The number of hydrogen-bond donors (Lipinski definition) is 2. The van der Waals surface area contributed by atoms with Gasteiger partial charge in [-0.1, -0.05) is 6.07 Å². The first-order valence-electron chi connectivity index (χ1n) is 8.20. The van der Waals surface area contributed by atoms with Crippen molar-refractivity contribution in [3.63, 3.8) is 0 Å². The molecule has 1 aromatic rings. The SMILES string of the molecule is CC(C)Oc1ccc(CNC(=O)CC2CSCCN2)c(C(F)(F)F)c1.Cl. The van der Waals surface area contributed by atoms with E-state index >= 15 is 0 Å². The zero-order valence-electron chi connectivity index (χ0n) is 14.7. The summed E-state index contributed by atoms with van der Waals surface area (Å²) in [6.45, 7) is 4.19. The van der Waals surface area contributed by atoms with E-state index in [9.17, 15) is 18.0 Å². The first-order chi connectivity index (χ1) is 11.8. The number of alkyl halides is 3. The van der Waals surface area contributed by atoms with E-state index in [1.165, 1.54) is 12.1 Å². The van der Waals surface area contributed by atoms with E-state index in [0.29, 0.717) is 0 Å². The van der Waals surface area contributed by atoms with E-state index in [-0.39, 0.29) is 54.7 Å². The van der Waals surface area contributed by atoms with Crippen molar-refractivity contribution in [1.29, 1.82) is 0 Å². The number of amides is 1. The Balaban J connectivity index is 0.00000338. The molecule has 1 aliphatic heterocycles. The lowest BCUT2D eigenvalue weighted by Gasteiger charge is -2.22. The largest absolute Gasteiger partial charge is 0.491 e. The van der Waals surface area contributed by atoms with Gasteiger partial charge in [-0.3, -0.25) is 4.79 Å². The van der Waals surface area contributed by atoms with Gasteiger partial charge in [0, 0.05) is 37.1 Å². The molecule has 148 valence electrons. The lowest BCUT2D eigenvalue weighted by Crippen LogP contribution is -2.41. The van der Waals surface area contributed by atoms with Gasteiger partial charge in [0.25, 0.3) is 0 Å². The molecule has 9 heteroatoms. The highest BCUT2D eigenvalue weighted by Crippen LogP contribution is 2.34. The van der Waals surface area contributed by atoms with Crippen LogP contribution in [0.15, 0.2) is 18.2 Å². The predicted octanol–water partition coefficient (Wildman–Crippen LogP) is 3.63. The highest BCUT2D eigenvalue weighted by atomic mass is 35.5. The van der Waals surface area contributed by atoms with Gasteiger partial charge in [-0.2, -0.15) is 24.9 Å². The van der Waals surface area contributed by atoms with Crippen LogP contribution in [0.1, 0.15) is 31.4 Å². The van der Waals surface area contributed by atoms with Crippen LogP contribution in [0.4, 0.5) is 13.2 Å². The van der Waals surface area contributed by atoms with Crippen molar-refractivity contribution >= 4 is 30.1 Å². The van der Waals surface area contributed by atoms with E-state index in [4.69, 9.17) is 4.74 Å². The van der Waals surface area contributed by atoms with Crippen molar-refractivity contribution < 1.29 is 22.7 Å². The van der Waals surface area contributed by atoms with Gasteiger partial charge < -0.3 is 15.4 Å². The molecule has 0 bridgehead atoms. The highest BCUT2D eigenvalue weighted by molar-refractivity contribution is 7.99. The van der Waals surface area contributed by atoms with Gasteiger partial charge in [-0.15, -0.1) is 12.4 Å². The minimum atomic E-state index is -4.50. The average molecular weight is 413 g/mol. The molecular weight excluding hydrogens is 389 g/mol. The zero-order valence-corrected chi connectivity index (χ0v) is 16.3. The summed E-state index contributed by atoms with van der Waals surface area (Å²) in [4.78, 5) is 12.0. The Morgan fingerprint density at radius 1 is 1.42 bits per heavy atom. The Hall–Kier alpha value is -1.12. The molecule has 4 nitrogen and oxygen atoms in total. The first-order valence-corrected chi connectivity index (χ1v) is 9.36. The van der Waals surface area contributed by atoms with Gasteiger partial charge in [0.1, 0.15) is 5.75 Å². The van der Waals surface area contributed by atoms with E-state index < -0.39 is 11.7 Å². The molecule has 2 N–H and O–H groups in total. The molecule has 0 spiro atoms. The van der Waals surface area contributed by atoms with Crippen LogP contribution < -0.4 is 15.4 Å². The monoisotopic (exact) mass is 412 g/mol. The molecule has 2 rings (SSSR count). The fourth-order valence-electron chi connectivity index (χ4n) is 2.56. The molecule has 1 saturated heterocycles. The molecule has 1 amide bonds. The predicted molar refractivity (Wildman–Crippen MR) is 100 cm³/mol. The van der Waals surface area contributed by atoms with Crippen molar-refractivity contribution in [2.45, 2.75) is 45.1 Å². The molecule has 1 fully saturated rings. The molecule has 1 unspecified atom stereocenters. The van der Waals surface area contributed by atoms with E-state index in [2.05, 4.69) is 10.6 Å². The second-order valence-electron chi connectivity index (χ2n) is 6.19. The first kappa shape index (κ1) is 22.9. The molecule has 0 saturated carbocycles. The average Bonchev–Trinajstić information content (AvgIpc) is 2.53. The fraction of sp³-hybridized carbons (Fsp3) is 0.588. The fourth-order valence-corrected chi connectivity index (χ4v) is 3.51. The number of benzene rings is 1. The molecule has 1 aliphatic rings. The Labute approximate surface area is 162 Å². The van der Waals surface area contributed by atoms with E-state index in [1.807, 2.05) is 0 Å². The number of rotatable bonds is 6.